The van der Waals surface area contributed by atoms with E-state index in [-0.39, 0.29) is 12.4 Å². The largest absolute Gasteiger partial charge is 0.402 e. The normalized spacial score (nSPS) is 11.6. The van der Waals surface area contributed by atoms with Crippen molar-refractivity contribution in [3.8, 4) is 0 Å². The minimum Gasteiger partial charge on any atom is -0.402 e. The Morgan fingerprint density at radius 3 is 2.68 bits per heavy atom. The van der Waals surface area contributed by atoms with Gasteiger partial charge in [-0.1, -0.05) is 12.6 Å². The summed E-state index contributed by atoms with van der Waals surface area (Å²) in [4.78, 5) is 7.63. The van der Waals surface area contributed by atoms with Crippen molar-refractivity contribution in [2.45, 2.75) is 13.0 Å². The van der Waals surface area contributed by atoms with E-state index < -0.39 is 5.83 Å². The topological polar surface area (TPSA) is 89.3 Å². The molecule has 1 heterocycles. The summed E-state index contributed by atoms with van der Waals surface area (Å²) in [5.41, 5.74) is 13.3. The van der Waals surface area contributed by atoms with Crippen LogP contribution in [0.25, 0.3) is 0 Å². The molecule has 0 bridgehead atoms. The van der Waals surface area contributed by atoms with E-state index in [1.807, 2.05) is 12.1 Å². The number of hydrogen-bond acceptors (Lipinski definition) is 5. The van der Waals surface area contributed by atoms with E-state index in [0.717, 1.165) is 11.3 Å². The van der Waals surface area contributed by atoms with Gasteiger partial charge in [-0.25, -0.2) is 4.39 Å². The molecule has 0 amide bonds. The quantitative estimate of drug-likeness (QED) is 0.640. The number of pyridine rings is 1. The lowest BCUT2D eigenvalue weighted by Crippen LogP contribution is -2.21. The second-order valence-electron chi connectivity index (χ2n) is 4.05. The molecule has 19 heavy (non-hydrogen) atoms. The number of aliphatic imine (C=N–C) groups is 1. The zero-order chi connectivity index (χ0) is 14.3. The number of nitrogens with two attached hydrogens (primary N) is 2. The van der Waals surface area contributed by atoms with Crippen molar-refractivity contribution in [2.75, 3.05) is 6.54 Å². The fourth-order valence-corrected chi connectivity index (χ4v) is 1.37. The molecule has 0 aliphatic rings. The van der Waals surface area contributed by atoms with E-state index >= 15 is 0 Å². The Morgan fingerprint density at radius 1 is 1.42 bits per heavy atom. The average Bonchev–Trinajstić information content (AvgIpc) is 2.37. The van der Waals surface area contributed by atoms with Crippen molar-refractivity contribution in [1.29, 1.82) is 0 Å². The van der Waals surface area contributed by atoms with Crippen LogP contribution < -0.4 is 16.8 Å². The van der Waals surface area contributed by atoms with Crippen molar-refractivity contribution >= 4 is 6.72 Å². The molecule has 102 valence electrons. The van der Waals surface area contributed by atoms with Crippen LogP contribution >= 0.6 is 0 Å². The number of halogens is 1. The van der Waals surface area contributed by atoms with Crippen molar-refractivity contribution < 1.29 is 4.39 Å². The second-order valence-corrected chi connectivity index (χ2v) is 4.05. The lowest BCUT2D eigenvalue weighted by molar-refractivity contribution is 0.583. The van der Waals surface area contributed by atoms with E-state index in [1.54, 1.807) is 6.20 Å². The SMILES string of the molecule is C=NC/C(F)=C(\N)NCc1ccc(CC(=C)N)nc1. The van der Waals surface area contributed by atoms with E-state index in [0.29, 0.717) is 18.7 Å². The molecule has 0 saturated heterocycles. The predicted molar refractivity (Wildman–Crippen MR) is 74.8 cm³/mol. The van der Waals surface area contributed by atoms with Crippen LogP contribution in [-0.2, 0) is 13.0 Å². The molecule has 0 saturated carbocycles. The molecule has 0 aliphatic heterocycles. The number of rotatable bonds is 7. The summed E-state index contributed by atoms with van der Waals surface area (Å²) in [6, 6.07) is 3.71. The highest BCUT2D eigenvalue weighted by molar-refractivity contribution is 5.25. The number of aromatic nitrogens is 1. The van der Waals surface area contributed by atoms with Gasteiger partial charge in [-0.15, -0.1) is 0 Å². The highest BCUT2D eigenvalue weighted by atomic mass is 19.1. The first-order chi connectivity index (χ1) is 9.02. The van der Waals surface area contributed by atoms with Crippen molar-refractivity contribution in [1.82, 2.24) is 10.3 Å². The Bertz CT molecular complexity index is 478. The van der Waals surface area contributed by atoms with Crippen LogP contribution in [0.2, 0.25) is 0 Å². The predicted octanol–water partition coefficient (Wildman–Crippen LogP) is 0.984. The van der Waals surface area contributed by atoms with Gasteiger partial charge in [-0.2, -0.15) is 0 Å². The maximum absolute atomic E-state index is 13.2. The minimum atomic E-state index is -0.529. The molecule has 0 atom stereocenters. The lowest BCUT2D eigenvalue weighted by Gasteiger charge is -2.08. The molecule has 6 heteroatoms. The molecule has 1 rings (SSSR count). The molecule has 0 aromatic carbocycles. The number of nitrogens with one attached hydrogen (secondary N) is 1. The molecular formula is C13H18FN5. The molecule has 5 nitrogen and oxygen atoms in total. The highest BCUT2D eigenvalue weighted by Gasteiger charge is 2.02. The highest BCUT2D eigenvalue weighted by Crippen LogP contribution is 2.04. The number of hydrogen-bond donors (Lipinski definition) is 3. The molecule has 0 aliphatic carbocycles. The standard InChI is InChI=1S/C13H18FN5/c1-9(15)5-11-4-3-10(6-18-11)7-19-13(16)12(14)8-17-2/h3-4,6,19H,1-2,5,7-8,15-16H2/b13-12-. The van der Waals surface area contributed by atoms with Crippen LogP contribution in [0.3, 0.4) is 0 Å². The zero-order valence-electron chi connectivity index (χ0n) is 10.7. The Kier molecular flexibility index (Phi) is 5.53. The van der Waals surface area contributed by atoms with Crippen LogP contribution in [0.1, 0.15) is 11.3 Å². The van der Waals surface area contributed by atoms with E-state index in [4.69, 9.17) is 11.5 Å². The first kappa shape index (κ1) is 14.7. The number of allylic oxidation sites excluding steroid dienone is 1. The molecular weight excluding hydrogens is 245 g/mol. The van der Waals surface area contributed by atoms with Crippen LogP contribution in [0.15, 0.2) is 47.2 Å². The van der Waals surface area contributed by atoms with Gasteiger partial charge in [0.15, 0.2) is 5.83 Å². The minimum absolute atomic E-state index is 0.0354. The third-order valence-electron chi connectivity index (χ3n) is 2.32. The maximum Gasteiger partial charge on any atom is 0.161 e. The summed E-state index contributed by atoms with van der Waals surface area (Å²) >= 11 is 0. The van der Waals surface area contributed by atoms with E-state index in [1.165, 1.54) is 0 Å². The van der Waals surface area contributed by atoms with Crippen LogP contribution in [0.4, 0.5) is 4.39 Å². The Balaban J connectivity index is 2.56. The lowest BCUT2D eigenvalue weighted by atomic mass is 10.2. The Morgan fingerprint density at radius 2 is 2.16 bits per heavy atom. The van der Waals surface area contributed by atoms with Gasteiger partial charge >= 0.3 is 0 Å². The average molecular weight is 263 g/mol. The van der Waals surface area contributed by atoms with Crippen molar-refractivity contribution in [3.63, 3.8) is 0 Å². The molecule has 1 aromatic rings. The molecule has 5 N–H and O–H groups in total. The summed E-state index contributed by atoms with van der Waals surface area (Å²) in [5, 5.41) is 2.76. The van der Waals surface area contributed by atoms with Gasteiger partial charge in [-0.05, 0) is 18.3 Å². The third-order valence-corrected chi connectivity index (χ3v) is 2.32. The molecule has 0 unspecified atom stereocenters. The maximum atomic E-state index is 13.2. The fourth-order valence-electron chi connectivity index (χ4n) is 1.37. The van der Waals surface area contributed by atoms with Gasteiger partial charge < -0.3 is 16.8 Å². The van der Waals surface area contributed by atoms with Gasteiger partial charge in [0.2, 0.25) is 0 Å². The fraction of sp³-hybridized carbons (Fsp3) is 0.231. The summed E-state index contributed by atoms with van der Waals surface area (Å²) in [5.74, 6) is -0.564. The van der Waals surface area contributed by atoms with Gasteiger partial charge in [0, 0.05) is 30.6 Å². The van der Waals surface area contributed by atoms with Crippen LogP contribution in [0.5, 0.6) is 0 Å². The Labute approximate surface area is 111 Å². The molecule has 1 aromatic heterocycles. The monoisotopic (exact) mass is 263 g/mol. The molecule has 0 spiro atoms. The van der Waals surface area contributed by atoms with Crippen molar-refractivity contribution in [3.05, 3.63) is 53.5 Å². The molecule has 0 fully saturated rings. The van der Waals surface area contributed by atoms with Crippen LogP contribution in [-0.4, -0.2) is 18.2 Å². The summed E-state index contributed by atoms with van der Waals surface area (Å²) < 4.78 is 13.2. The Hall–Kier alpha value is -2.37. The second kappa shape index (κ2) is 7.15. The summed E-state index contributed by atoms with van der Waals surface area (Å²) in [7, 11) is 0. The van der Waals surface area contributed by atoms with Gasteiger partial charge in [-0.3, -0.25) is 9.98 Å². The smallest absolute Gasteiger partial charge is 0.161 e. The van der Waals surface area contributed by atoms with Gasteiger partial charge in [0.1, 0.15) is 5.82 Å². The first-order valence-corrected chi connectivity index (χ1v) is 5.70. The van der Waals surface area contributed by atoms with Gasteiger partial charge in [0.05, 0.1) is 6.54 Å². The van der Waals surface area contributed by atoms with Crippen LogP contribution in [0, 0.1) is 0 Å². The van der Waals surface area contributed by atoms with Gasteiger partial charge in [0.25, 0.3) is 0 Å². The number of nitrogens with zero attached hydrogens (tertiary/aromatic N) is 2. The third kappa shape index (κ3) is 5.20. The summed E-state index contributed by atoms with van der Waals surface area (Å²) in [6.07, 6.45) is 2.22. The van der Waals surface area contributed by atoms with Crippen molar-refractivity contribution in [2.24, 2.45) is 16.5 Å². The summed E-state index contributed by atoms with van der Waals surface area (Å²) in [6.45, 7) is 7.07. The zero-order valence-corrected chi connectivity index (χ0v) is 10.7. The van der Waals surface area contributed by atoms with E-state index in [9.17, 15) is 4.39 Å². The van der Waals surface area contributed by atoms with E-state index in [2.05, 4.69) is 28.6 Å². The molecule has 0 radical (unpaired) electrons. The first-order valence-electron chi connectivity index (χ1n) is 5.70.